The molecule has 6 nitrogen and oxygen atoms in total. The van der Waals surface area contributed by atoms with E-state index in [0.717, 1.165) is 44.9 Å². The zero-order chi connectivity index (χ0) is 47.9. The number of unbranched alkanes of at least 4 members (excludes halogenated alkanes) is 39. The van der Waals surface area contributed by atoms with Gasteiger partial charge in [0.25, 0.3) is 0 Å². The van der Waals surface area contributed by atoms with Crippen molar-refractivity contribution in [3.8, 4) is 0 Å². The first kappa shape index (κ1) is 64.1. The monoisotopic (exact) mass is 928 g/mol. The molecule has 3 N–H and O–H groups in total. The van der Waals surface area contributed by atoms with E-state index in [4.69, 9.17) is 4.74 Å². The Morgan fingerprint density at radius 2 is 0.712 bits per heavy atom. The van der Waals surface area contributed by atoms with Crippen molar-refractivity contribution in [3.05, 3.63) is 36.5 Å². The van der Waals surface area contributed by atoms with Gasteiger partial charge in [0.2, 0.25) is 5.91 Å². The molecule has 0 rings (SSSR count). The highest BCUT2D eigenvalue weighted by Gasteiger charge is 2.18. The van der Waals surface area contributed by atoms with E-state index in [1.54, 1.807) is 6.08 Å². The lowest BCUT2D eigenvalue weighted by molar-refractivity contribution is -0.143. The van der Waals surface area contributed by atoms with Gasteiger partial charge in [-0.05, 0) is 83.5 Å². The number of hydrogen-bond acceptors (Lipinski definition) is 5. The number of aliphatic hydroxyl groups is 2. The normalized spacial score (nSPS) is 12.8. The molecule has 0 aliphatic heterocycles. The van der Waals surface area contributed by atoms with Crippen molar-refractivity contribution >= 4 is 11.9 Å². The quantitative estimate of drug-likeness (QED) is 0.0321. The summed E-state index contributed by atoms with van der Waals surface area (Å²) < 4.78 is 5.47. The molecule has 0 bridgehead atoms. The number of ether oxygens (including phenoxy) is 1. The van der Waals surface area contributed by atoms with Crippen LogP contribution in [0.5, 0.6) is 0 Å². The Labute approximate surface area is 411 Å². The topological polar surface area (TPSA) is 95.9 Å². The standard InChI is InChI=1S/C60H113NO5/c1-3-5-7-9-11-13-15-16-31-34-38-42-46-50-54-60(65)66-55-51-47-43-39-35-32-29-27-25-23-21-19-17-18-20-22-24-26-28-30-33-37-41-45-49-53-59(64)61-57(56-62)58(63)52-48-44-40-36-14-12-10-8-6-4-2/h15-16,18,20,48,52,57-58,62-63H,3-14,17,19,21-47,49-51,53-56H2,1-2H3,(H,61,64)/b16-15-,20-18-,52-48+. The van der Waals surface area contributed by atoms with Crippen molar-refractivity contribution in [3.63, 3.8) is 0 Å². The first-order chi connectivity index (χ1) is 32.5. The highest BCUT2D eigenvalue weighted by Crippen LogP contribution is 2.16. The summed E-state index contributed by atoms with van der Waals surface area (Å²) in [6, 6.07) is -0.628. The predicted octanol–water partition coefficient (Wildman–Crippen LogP) is 18.0. The molecule has 0 saturated heterocycles. The van der Waals surface area contributed by atoms with Crippen molar-refractivity contribution in [2.45, 2.75) is 321 Å². The van der Waals surface area contributed by atoms with E-state index >= 15 is 0 Å². The Morgan fingerprint density at radius 1 is 0.409 bits per heavy atom. The molecule has 0 aromatic heterocycles. The maximum absolute atomic E-state index is 12.4. The second kappa shape index (κ2) is 55.7. The molecule has 2 unspecified atom stereocenters. The lowest BCUT2D eigenvalue weighted by Crippen LogP contribution is -2.45. The minimum Gasteiger partial charge on any atom is -0.466 e. The lowest BCUT2D eigenvalue weighted by atomic mass is 10.0. The van der Waals surface area contributed by atoms with Gasteiger partial charge < -0.3 is 20.3 Å². The molecule has 0 heterocycles. The van der Waals surface area contributed by atoms with E-state index in [0.29, 0.717) is 19.4 Å². The number of rotatable bonds is 54. The molecule has 0 saturated carbocycles. The number of amides is 1. The van der Waals surface area contributed by atoms with Crippen LogP contribution in [0.1, 0.15) is 309 Å². The van der Waals surface area contributed by atoms with Gasteiger partial charge in [0, 0.05) is 12.8 Å². The van der Waals surface area contributed by atoms with Crippen LogP contribution in [0.15, 0.2) is 36.5 Å². The van der Waals surface area contributed by atoms with Gasteiger partial charge in [0.15, 0.2) is 0 Å². The third kappa shape index (κ3) is 51.5. The zero-order valence-electron chi connectivity index (χ0n) is 44.2. The van der Waals surface area contributed by atoms with Gasteiger partial charge in [-0.3, -0.25) is 9.59 Å². The first-order valence-electron chi connectivity index (χ1n) is 29.3. The van der Waals surface area contributed by atoms with Crippen LogP contribution in [0, 0.1) is 0 Å². The van der Waals surface area contributed by atoms with Gasteiger partial charge in [0.05, 0.1) is 25.4 Å². The largest absolute Gasteiger partial charge is 0.466 e. The van der Waals surface area contributed by atoms with Crippen LogP contribution in [0.25, 0.3) is 0 Å². The summed E-state index contributed by atoms with van der Waals surface area (Å²) in [6.07, 6.45) is 69.0. The van der Waals surface area contributed by atoms with Gasteiger partial charge in [-0.25, -0.2) is 0 Å². The van der Waals surface area contributed by atoms with E-state index in [1.165, 1.54) is 238 Å². The number of carbonyl (C=O) groups is 2. The van der Waals surface area contributed by atoms with Crippen molar-refractivity contribution in [1.82, 2.24) is 5.32 Å². The van der Waals surface area contributed by atoms with E-state index in [-0.39, 0.29) is 18.5 Å². The Balaban J connectivity index is 3.39. The fourth-order valence-corrected chi connectivity index (χ4v) is 8.86. The lowest BCUT2D eigenvalue weighted by Gasteiger charge is -2.20. The van der Waals surface area contributed by atoms with Crippen molar-refractivity contribution in [1.29, 1.82) is 0 Å². The predicted molar refractivity (Wildman–Crippen MR) is 287 cm³/mol. The second-order valence-electron chi connectivity index (χ2n) is 20.0. The number of aliphatic hydroxyl groups excluding tert-OH is 2. The van der Waals surface area contributed by atoms with Crippen molar-refractivity contribution < 1.29 is 24.5 Å². The zero-order valence-corrected chi connectivity index (χ0v) is 44.2. The fraction of sp³-hybridized carbons (Fsp3) is 0.867. The van der Waals surface area contributed by atoms with Gasteiger partial charge in [0.1, 0.15) is 0 Å². The van der Waals surface area contributed by atoms with Gasteiger partial charge in [-0.1, -0.05) is 249 Å². The van der Waals surface area contributed by atoms with Crippen LogP contribution in [0.3, 0.4) is 0 Å². The molecular weight excluding hydrogens is 815 g/mol. The van der Waals surface area contributed by atoms with E-state index in [9.17, 15) is 19.8 Å². The Bertz CT molecular complexity index is 1070. The number of nitrogens with one attached hydrogen (secondary N) is 1. The van der Waals surface area contributed by atoms with Crippen LogP contribution in [-0.4, -0.2) is 47.4 Å². The molecule has 1 amide bonds. The van der Waals surface area contributed by atoms with Crippen LogP contribution in [0.4, 0.5) is 0 Å². The van der Waals surface area contributed by atoms with Crippen LogP contribution < -0.4 is 5.32 Å². The molecule has 0 aromatic carbocycles. The Morgan fingerprint density at radius 3 is 1.08 bits per heavy atom. The smallest absolute Gasteiger partial charge is 0.305 e. The number of allylic oxidation sites excluding steroid dienone is 5. The van der Waals surface area contributed by atoms with Gasteiger partial charge in [-0.2, -0.15) is 0 Å². The summed E-state index contributed by atoms with van der Waals surface area (Å²) in [5.74, 6) is -0.0690. The molecule has 0 radical (unpaired) electrons. The minimum absolute atomic E-state index is 0.00406. The Kier molecular flexibility index (Phi) is 54.1. The summed E-state index contributed by atoms with van der Waals surface area (Å²) in [4.78, 5) is 24.4. The van der Waals surface area contributed by atoms with Crippen LogP contribution in [0.2, 0.25) is 0 Å². The summed E-state index contributed by atoms with van der Waals surface area (Å²) >= 11 is 0. The molecule has 388 valence electrons. The third-order valence-electron chi connectivity index (χ3n) is 13.4. The SMILES string of the molecule is CCCCCCC/C=C\CCCCCCCC(=O)OCCCCCCCCCCCCCC/C=C\CCCCCCCCCCCC(=O)NC(CO)C(O)/C=C/CCCCCCCCCC. The molecule has 0 aliphatic rings. The molecule has 0 aliphatic carbocycles. The molecule has 2 atom stereocenters. The molecule has 66 heavy (non-hydrogen) atoms. The van der Waals surface area contributed by atoms with Gasteiger partial charge >= 0.3 is 5.97 Å². The number of esters is 1. The summed E-state index contributed by atoms with van der Waals surface area (Å²) in [7, 11) is 0. The Hall–Kier alpha value is -1.92. The number of carbonyl (C=O) groups excluding carboxylic acids is 2. The summed E-state index contributed by atoms with van der Waals surface area (Å²) in [5.41, 5.74) is 0. The first-order valence-corrected chi connectivity index (χ1v) is 29.3. The second-order valence-corrected chi connectivity index (χ2v) is 20.0. The average Bonchev–Trinajstić information content (AvgIpc) is 3.32. The molecule has 0 spiro atoms. The maximum atomic E-state index is 12.4. The maximum Gasteiger partial charge on any atom is 0.305 e. The van der Waals surface area contributed by atoms with Crippen LogP contribution >= 0.6 is 0 Å². The highest BCUT2D eigenvalue weighted by molar-refractivity contribution is 5.76. The fourth-order valence-electron chi connectivity index (χ4n) is 8.86. The molecule has 0 aromatic rings. The summed E-state index contributed by atoms with van der Waals surface area (Å²) in [6.45, 7) is 4.87. The average molecular weight is 929 g/mol. The van der Waals surface area contributed by atoms with Crippen LogP contribution in [-0.2, 0) is 14.3 Å². The number of hydrogen-bond donors (Lipinski definition) is 3. The van der Waals surface area contributed by atoms with E-state index in [2.05, 4.69) is 43.5 Å². The molecule has 6 heteroatoms. The highest BCUT2D eigenvalue weighted by atomic mass is 16.5. The molecular formula is C60H113NO5. The van der Waals surface area contributed by atoms with Crippen molar-refractivity contribution in [2.75, 3.05) is 13.2 Å². The van der Waals surface area contributed by atoms with Gasteiger partial charge in [-0.15, -0.1) is 0 Å². The summed E-state index contributed by atoms with van der Waals surface area (Å²) in [5, 5.41) is 23.0. The van der Waals surface area contributed by atoms with E-state index in [1.807, 2.05) is 6.08 Å². The molecule has 0 fully saturated rings. The van der Waals surface area contributed by atoms with E-state index < -0.39 is 12.1 Å². The van der Waals surface area contributed by atoms with Crippen molar-refractivity contribution in [2.24, 2.45) is 0 Å². The third-order valence-corrected chi connectivity index (χ3v) is 13.4. The minimum atomic E-state index is -0.844.